The van der Waals surface area contributed by atoms with Gasteiger partial charge in [-0.05, 0) is 46.3 Å². The Morgan fingerprint density at radius 2 is 1.84 bits per heavy atom. The number of rotatable bonds is 3. The number of hydrogen-bond donors (Lipinski definition) is 1. The lowest BCUT2D eigenvalue weighted by molar-refractivity contribution is 0.572. The van der Waals surface area contributed by atoms with E-state index in [0.29, 0.717) is 0 Å². The first-order valence-corrected chi connectivity index (χ1v) is 7.01. The molecule has 0 aromatic heterocycles. The fraction of sp³-hybridized carbons (Fsp3) is 0. The van der Waals surface area contributed by atoms with Gasteiger partial charge in [0.15, 0.2) is 16.8 Å². The molecule has 0 saturated heterocycles. The maximum atomic E-state index is 13.6. The zero-order valence-corrected chi connectivity index (χ0v) is 11.7. The first kappa shape index (κ1) is 14.1. The van der Waals surface area contributed by atoms with E-state index in [4.69, 9.17) is 0 Å². The molecule has 0 saturated carbocycles. The molecule has 0 aliphatic carbocycles. The quantitative estimate of drug-likeness (QED) is 0.891. The molecule has 0 aliphatic heterocycles. The summed E-state index contributed by atoms with van der Waals surface area (Å²) in [6, 6.07) is 6.90. The third-order valence-corrected chi connectivity index (χ3v) is 3.98. The van der Waals surface area contributed by atoms with Crippen LogP contribution in [0.1, 0.15) is 0 Å². The van der Waals surface area contributed by atoms with Gasteiger partial charge in [0.25, 0.3) is 0 Å². The predicted molar refractivity (Wildman–Crippen MR) is 70.5 cm³/mol. The highest BCUT2D eigenvalue weighted by atomic mass is 79.9. The molecule has 7 heteroatoms. The minimum Gasteiger partial charge on any atom is -0.298 e. The van der Waals surface area contributed by atoms with Crippen molar-refractivity contribution in [3.63, 3.8) is 0 Å². The molecule has 2 aromatic carbocycles. The first-order chi connectivity index (χ1) is 8.99. The molecule has 100 valence electrons. The van der Waals surface area contributed by atoms with Gasteiger partial charge in [-0.2, -0.15) is 0 Å². The van der Waals surface area contributed by atoms with Gasteiger partial charge in [0, 0.05) is 0 Å². The number of nitrogens with one attached hydrogen (secondary N) is 1. The van der Waals surface area contributed by atoms with Crippen LogP contribution in [0.25, 0.3) is 0 Å². The summed E-state index contributed by atoms with van der Waals surface area (Å²) in [5, 5.41) is 0. The van der Waals surface area contributed by atoms with Gasteiger partial charge in [0.05, 0.1) is 15.1 Å². The standard InChI is InChI=1S/C12H7BrF3NOS/c13-8-2-1-3-10(12(8)16)17-19(18)11-6-7(14)4-5-9(11)15/h1-6,17H. The summed E-state index contributed by atoms with van der Waals surface area (Å²) in [4.78, 5) is -0.376. The Morgan fingerprint density at radius 1 is 1.11 bits per heavy atom. The number of halogens is 4. The third kappa shape index (κ3) is 3.16. The Kier molecular flexibility index (Phi) is 4.26. The van der Waals surface area contributed by atoms with Crippen molar-refractivity contribution < 1.29 is 17.4 Å². The molecule has 0 fully saturated rings. The molecule has 19 heavy (non-hydrogen) atoms. The molecule has 0 amide bonds. The van der Waals surface area contributed by atoms with Crippen LogP contribution < -0.4 is 4.72 Å². The highest BCUT2D eigenvalue weighted by Crippen LogP contribution is 2.24. The summed E-state index contributed by atoms with van der Waals surface area (Å²) in [6.07, 6.45) is 0. The highest BCUT2D eigenvalue weighted by Gasteiger charge is 2.14. The molecule has 0 bridgehead atoms. The van der Waals surface area contributed by atoms with Crippen LogP contribution in [0.3, 0.4) is 0 Å². The molecule has 1 atom stereocenters. The summed E-state index contributed by atoms with van der Waals surface area (Å²) < 4.78 is 54.4. The van der Waals surface area contributed by atoms with Crippen LogP contribution in [0.2, 0.25) is 0 Å². The fourth-order valence-electron chi connectivity index (χ4n) is 1.36. The Labute approximate surface area is 118 Å². The van der Waals surface area contributed by atoms with Crippen LogP contribution in [0.5, 0.6) is 0 Å². The van der Waals surface area contributed by atoms with Gasteiger partial charge >= 0.3 is 0 Å². The molecule has 0 aliphatic rings. The average Bonchev–Trinajstić information content (AvgIpc) is 2.38. The molecule has 1 N–H and O–H groups in total. The third-order valence-electron chi connectivity index (χ3n) is 2.25. The minimum absolute atomic E-state index is 0.0728. The van der Waals surface area contributed by atoms with E-state index < -0.39 is 28.4 Å². The maximum Gasteiger partial charge on any atom is 0.161 e. The highest BCUT2D eigenvalue weighted by molar-refractivity contribution is 9.10. The van der Waals surface area contributed by atoms with Gasteiger partial charge in [-0.25, -0.2) is 17.4 Å². The smallest absolute Gasteiger partial charge is 0.161 e. The Hall–Kier alpha value is -1.34. The minimum atomic E-state index is -2.10. The monoisotopic (exact) mass is 349 g/mol. The number of benzene rings is 2. The van der Waals surface area contributed by atoms with E-state index >= 15 is 0 Å². The van der Waals surface area contributed by atoms with Crippen molar-refractivity contribution in [2.45, 2.75) is 4.90 Å². The lowest BCUT2D eigenvalue weighted by Crippen LogP contribution is -2.08. The molecule has 2 rings (SSSR count). The van der Waals surface area contributed by atoms with Crippen molar-refractivity contribution in [2.75, 3.05) is 4.72 Å². The SMILES string of the molecule is O=S(Nc1cccc(Br)c1F)c1cc(F)ccc1F. The Morgan fingerprint density at radius 3 is 2.58 bits per heavy atom. The van der Waals surface area contributed by atoms with E-state index in [9.17, 15) is 17.4 Å². The molecular formula is C12H7BrF3NOS. The lowest BCUT2D eigenvalue weighted by Gasteiger charge is -2.08. The fourth-order valence-corrected chi connectivity index (χ4v) is 2.66. The van der Waals surface area contributed by atoms with Gasteiger partial charge in [-0.1, -0.05) is 6.07 Å². The molecular weight excluding hydrogens is 343 g/mol. The van der Waals surface area contributed by atoms with Crippen LogP contribution in [0, 0.1) is 17.5 Å². The topological polar surface area (TPSA) is 29.1 Å². The van der Waals surface area contributed by atoms with Crippen molar-refractivity contribution >= 4 is 32.6 Å². The molecule has 0 radical (unpaired) electrons. The second-order valence-electron chi connectivity index (χ2n) is 3.55. The van der Waals surface area contributed by atoms with E-state index in [2.05, 4.69) is 20.7 Å². The van der Waals surface area contributed by atoms with Crippen LogP contribution >= 0.6 is 15.9 Å². The molecule has 1 unspecified atom stereocenters. The van der Waals surface area contributed by atoms with Crippen molar-refractivity contribution in [3.05, 3.63) is 58.3 Å². The van der Waals surface area contributed by atoms with Gasteiger partial charge < -0.3 is 0 Å². The van der Waals surface area contributed by atoms with Crippen LogP contribution in [-0.2, 0) is 11.0 Å². The van der Waals surface area contributed by atoms with E-state index in [1.807, 2.05) is 0 Å². The molecule has 0 spiro atoms. The summed E-state index contributed by atoms with van der Waals surface area (Å²) in [5.41, 5.74) is -0.0728. The Balaban J connectivity index is 2.31. The second kappa shape index (κ2) is 5.75. The van der Waals surface area contributed by atoms with Crippen molar-refractivity contribution in [3.8, 4) is 0 Å². The van der Waals surface area contributed by atoms with Crippen LogP contribution in [0.4, 0.5) is 18.9 Å². The summed E-state index contributed by atoms with van der Waals surface area (Å²) >= 11 is 2.97. The van der Waals surface area contributed by atoms with E-state index in [1.165, 1.54) is 18.2 Å². The van der Waals surface area contributed by atoms with Crippen LogP contribution in [0.15, 0.2) is 45.8 Å². The zero-order chi connectivity index (χ0) is 14.0. The van der Waals surface area contributed by atoms with E-state index in [0.717, 1.165) is 18.2 Å². The first-order valence-electron chi connectivity index (χ1n) is 5.06. The number of anilines is 1. The van der Waals surface area contributed by atoms with E-state index in [-0.39, 0.29) is 15.1 Å². The lowest BCUT2D eigenvalue weighted by atomic mass is 10.3. The molecule has 2 aromatic rings. The van der Waals surface area contributed by atoms with Gasteiger partial charge in [-0.3, -0.25) is 4.72 Å². The Bertz CT molecular complexity index is 651. The van der Waals surface area contributed by atoms with Crippen molar-refractivity contribution in [1.82, 2.24) is 0 Å². The predicted octanol–water partition coefficient (Wildman–Crippen LogP) is 4.00. The summed E-state index contributed by atoms with van der Waals surface area (Å²) in [7, 11) is -2.10. The summed E-state index contributed by atoms with van der Waals surface area (Å²) in [5.74, 6) is -2.21. The average molecular weight is 350 g/mol. The molecule has 2 nitrogen and oxygen atoms in total. The van der Waals surface area contributed by atoms with Crippen molar-refractivity contribution in [2.24, 2.45) is 0 Å². The largest absolute Gasteiger partial charge is 0.298 e. The molecule has 0 heterocycles. The van der Waals surface area contributed by atoms with Crippen molar-refractivity contribution in [1.29, 1.82) is 0 Å². The normalized spacial score (nSPS) is 12.2. The zero-order valence-electron chi connectivity index (χ0n) is 9.29. The van der Waals surface area contributed by atoms with Gasteiger partial charge in [-0.15, -0.1) is 0 Å². The van der Waals surface area contributed by atoms with Gasteiger partial charge in [0.1, 0.15) is 11.6 Å². The maximum absolute atomic E-state index is 13.6. The van der Waals surface area contributed by atoms with E-state index in [1.54, 1.807) is 0 Å². The summed E-state index contributed by atoms with van der Waals surface area (Å²) in [6.45, 7) is 0. The van der Waals surface area contributed by atoms with Crippen LogP contribution in [-0.4, -0.2) is 4.21 Å². The second-order valence-corrected chi connectivity index (χ2v) is 5.58. The van der Waals surface area contributed by atoms with Gasteiger partial charge in [0.2, 0.25) is 0 Å². The number of hydrogen-bond acceptors (Lipinski definition) is 1.